The minimum absolute atomic E-state index is 0.0270. The van der Waals surface area contributed by atoms with Gasteiger partial charge in [-0.2, -0.15) is 0 Å². The molecule has 26 heavy (non-hydrogen) atoms. The highest BCUT2D eigenvalue weighted by Crippen LogP contribution is 2.65. The molecule has 7 heteroatoms. The lowest BCUT2D eigenvalue weighted by Gasteiger charge is -2.42. The van der Waals surface area contributed by atoms with Crippen LogP contribution in [0.1, 0.15) is 53.4 Å². The van der Waals surface area contributed by atoms with Gasteiger partial charge in [-0.1, -0.05) is 0 Å². The number of nitrogens with zero attached hydrogens (tertiary/aromatic N) is 1. The van der Waals surface area contributed by atoms with E-state index in [1.165, 1.54) is 0 Å². The Hall–Kier alpha value is -1.89. The monoisotopic (exact) mass is 363 g/mol. The molecule has 0 aromatic heterocycles. The second kappa shape index (κ2) is 5.31. The van der Waals surface area contributed by atoms with Gasteiger partial charge in [0, 0.05) is 30.9 Å². The van der Waals surface area contributed by atoms with Crippen molar-refractivity contribution in [1.82, 2.24) is 4.90 Å². The zero-order chi connectivity index (χ0) is 18.9. The lowest BCUT2D eigenvalue weighted by atomic mass is 9.73. The highest BCUT2D eigenvalue weighted by Gasteiger charge is 2.76. The van der Waals surface area contributed by atoms with E-state index < -0.39 is 28.7 Å². The maximum atomic E-state index is 12.9. The molecule has 0 aliphatic carbocycles. The number of rotatable bonds is 3. The summed E-state index contributed by atoms with van der Waals surface area (Å²) in [5.41, 5.74) is -2.30. The average Bonchev–Trinajstić information content (AvgIpc) is 3.17. The highest BCUT2D eigenvalue weighted by atomic mass is 16.6. The van der Waals surface area contributed by atoms with Crippen molar-refractivity contribution in [3.8, 4) is 0 Å². The number of hydrogen-bond donors (Lipinski definition) is 0. The summed E-state index contributed by atoms with van der Waals surface area (Å²) in [6, 6.07) is 0. The number of ether oxygens (including phenoxy) is 3. The smallest absolute Gasteiger partial charge is 0.346 e. The van der Waals surface area contributed by atoms with Crippen molar-refractivity contribution in [2.75, 3.05) is 13.2 Å². The first-order chi connectivity index (χ1) is 12.2. The number of carbonyl (C=O) groups excluding carboxylic acids is 3. The summed E-state index contributed by atoms with van der Waals surface area (Å²) in [5.74, 6) is -0.633. The van der Waals surface area contributed by atoms with Gasteiger partial charge in [0.15, 0.2) is 11.5 Å². The molecule has 4 rings (SSSR count). The van der Waals surface area contributed by atoms with E-state index in [-0.39, 0.29) is 24.2 Å². The molecule has 0 saturated carbocycles. The lowest BCUT2D eigenvalue weighted by molar-refractivity contribution is -0.191. The second-order valence-corrected chi connectivity index (χ2v) is 8.53. The zero-order valence-electron chi connectivity index (χ0n) is 15.7. The predicted molar refractivity (Wildman–Crippen MR) is 89.4 cm³/mol. The third-order valence-corrected chi connectivity index (χ3v) is 5.90. The van der Waals surface area contributed by atoms with Crippen LogP contribution < -0.4 is 0 Å². The van der Waals surface area contributed by atoms with Crippen LogP contribution in [0, 0.1) is 11.3 Å². The fourth-order valence-electron chi connectivity index (χ4n) is 4.75. The Morgan fingerprint density at radius 2 is 2.04 bits per heavy atom. The predicted octanol–water partition coefficient (Wildman–Crippen LogP) is 1.90. The van der Waals surface area contributed by atoms with E-state index in [0.717, 1.165) is 5.57 Å². The maximum Gasteiger partial charge on any atom is 0.346 e. The molecule has 142 valence electrons. The van der Waals surface area contributed by atoms with E-state index in [9.17, 15) is 14.4 Å². The number of piperidine rings is 1. The Labute approximate surface area is 152 Å². The van der Waals surface area contributed by atoms with Gasteiger partial charge in [0.1, 0.15) is 0 Å². The lowest BCUT2D eigenvalue weighted by Crippen LogP contribution is -2.54. The zero-order valence-corrected chi connectivity index (χ0v) is 15.7. The van der Waals surface area contributed by atoms with Crippen molar-refractivity contribution >= 4 is 17.8 Å². The van der Waals surface area contributed by atoms with Crippen molar-refractivity contribution in [1.29, 1.82) is 0 Å². The van der Waals surface area contributed by atoms with Gasteiger partial charge in [-0.3, -0.25) is 9.59 Å². The van der Waals surface area contributed by atoms with Crippen molar-refractivity contribution < 1.29 is 28.6 Å². The van der Waals surface area contributed by atoms with Crippen molar-refractivity contribution in [2.45, 2.75) is 64.7 Å². The number of hydrogen-bond acceptors (Lipinski definition) is 6. The van der Waals surface area contributed by atoms with Crippen LogP contribution in [0.25, 0.3) is 0 Å². The van der Waals surface area contributed by atoms with E-state index in [0.29, 0.717) is 32.2 Å². The van der Waals surface area contributed by atoms with Crippen molar-refractivity contribution in [2.24, 2.45) is 11.3 Å². The fourth-order valence-corrected chi connectivity index (χ4v) is 4.75. The standard InChI is InChI=1S/C19H25NO6/c1-5-24-16(23)18-10-11-6-7-13(21)20-9-8-12(19(11,20)26-18)14(18)25-15(22)17(2,3)4/h11H,5-10H2,1-4H3. The first-order valence-corrected chi connectivity index (χ1v) is 9.31. The summed E-state index contributed by atoms with van der Waals surface area (Å²) in [6.07, 6.45) is 2.06. The van der Waals surface area contributed by atoms with Gasteiger partial charge in [0.2, 0.25) is 11.5 Å². The average molecular weight is 363 g/mol. The quantitative estimate of drug-likeness (QED) is 0.713. The SMILES string of the molecule is CCOC(=O)C12CC3CCC(=O)N4CCC(=C1OC(=O)C(C)(C)C)C34O2. The van der Waals surface area contributed by atoms with Gasteiger partial charge in [-0.05, 0) is 40.5 Å². The van der Waals surface area contributed by atoms with Crippen LogP contribution in [0.3, 0.4) is 0 Å². The van der Waals surface area contributed by atoms with E-state index in [1.807, 2.05) is 0 Å². The highest BCUT2D eigenvalue weighted by molar-refractivity contribution is 5.89. The van der Waals surface area contributed by atoms with Crippen LogP contribution in [0.4, 0.5) is 0 Å². The van der Waals surface area contributed by atoms with Gasteiger partial charge < -0.3 is 19.1 Å². The molecular formula is C19H25NO6. The number of fused-ring (bicyclic) bond motifs is 1. The van der Waals surface area contributed by atoms with Crippen molar-refractivity contribution in [3.63, 3.8) is 0 Å². The number of carbonyl (C=O) groups is 3. The molecule has 4 heterocycles. The molecular weight excluding hydrogens is 338 g/mol. The largest absolute Gasteiger partial charge is 0.463 e. The molecule has 2 bridgehead atoms. The molecule has 7 nitrogen and oxygen atoms in total. The Balaban J connectivity index is 1.83. The van der Waals surface area contributed by atoms with Crippen LogP contribution in [0.15, 0.2) is 11.3 Å². The van der Waals surface area contributed by atoms with E-state index in [1.54, 1.807) is 32.6 Å². The Morgan fingerprint density at radius 3 is 2.69 bits per heavy atom. The molecule has 0 N–H and O–H groups in total. The minimum Gasteiger partial charge on any atom is -0.463 e. The Bertz CT molecular complexity index is 735. The molecule has 3 unspecified atom stereocenters. The van der Waals surface area contributed by atoms with Gasteiger partial charge in [-0.25, -0.2) is 4.79 Å². The summed E-state index contributed by atoms with van der Waals surface area (Å²) in [4.78, 5) is 39.7. The summed E-state index contributed by atoms with van der Waals surface area (Å²) < 4.78 is 17.4. The van der Waals surface area contributed by atoms with Crippen molar-refractivity contribution in [3.05, 3.63) is 11.3 Å². The Kier molecular flexibility index (Phi) is 3.58. The first-order valence-electron chi connectivity index (χ1n) is 9.31. The van der Waals surface area contributed by atoms with Crippen LogP contribution in [-0.4, -0.2) is 47.2 Å². The second-order valence-electron chi connectivity index (χ2n) is 8.53. The van der Waals surface area contributed by atoms with E-state index >= 15 is 0 Å². The van der Waals surface area contributed by atoms with Crippen LogP contribution in [-0.2, 0) is 28.6 Å². The van der Waals surface area contributed by atoms with Gasteiger partial charge in [0.25, 0.3) is 0 Å². The first kappa shape index (κ1) is 17.5. The molecule has 3 fully saturated rings. The normalized spacial score (nSPS) is 35.0. The molecule has 0 aromatic rings. The summed E-state index contributed by atoms with van der Waals surface area (Å²) in [6.45, 7) is 7.75. The summed E-state index contributed by atoms with van der Waals surface area (Å²) in [5, 5.41) is 0. The fraction of sp³-hybridized carbons (Fsp3) is 0.737. The molecule has 4 aliphatic heterocycles. The molecule has 0 aromatic carbocycles. The van der Waals surface area contributed by atoms with Crippen LogP contribution in [0.5, 0.6) is 0 Å². The van der Waals surface area contributed by atoms with Gasteiger partial charge in [0.05, 0.1) is 12.0 Å². The third-order valence-electron chi connectivity index (χ3n) is 5.90. The van der Waals surface area contributed by atoms with Gasteiger partial charge >= 0.3 is 11.9 Å². The summed E-state index contributed by atoms with van der Waals surface area (Å²) in [7, 11) is 0. The molecule has 3 saturated heterocycles. The number of amides is 1. The molecule has 1 spiro atoms. The molecule has 4 aliphatic rings. The van der Waals surface area contributed by atoms with Crippen LogP contribution in [0.2, 0.25) is 0 Å². The van der Waals surface area contributed by atoms with E-state index in [4.69, 9.17) is 14.2 Å². The van der Waals surface area contributed by atoms with E-state index in [2.05, 4.69) is 0 Å². The Morgan fingerprint density at radius 1 is 1.31 bits per heavy atom. The molecule has 0 radical (unpaired) electrons. The topological polar surface area (TPSA) is 82.1 Å². The van der Waals surface area contributed by atoms with Crippen LogP contribution >= 0.6 is 0 Å². The summed E-state index contributed by atoms with van der Waals surface area (Å²) >= 11 is 0. The number of esters is 2. The van der Waals surface area contributed by atoms with Gasteiger partial charge in [-0.15, -0.1) is 0 Å². The third kappa shape index (κ3) is 2.00. The maximum absolute atomic E-state index is 12.9. The molecule has 3 atom stereocenters. The molecule has 1 amide bonds. The minimum atomic E-state index is -1.42.